The van der Waals surface area contributed by atoms with Gasteiger partial charge in [0, 0.05) is 31.2 Å². The Bertz CT molecular complexity index is 953. The Morgan fingerprint density at radius 3 is 2.63 bits per heavy atom. The van der Waals surface area contributed by atoms with Crippen molar-refractivity contribution in [3.63, 3.8) is 0 Å². The minimum Gasteiger partial charge on any atom is -0.507 e. The van der Waals surface area contributed by atoms with Crippen molar-refractivity contribution in [2.45, 2.75) is 25.2 Å². The van der Waals surface area contributed by atoms with Gasteiger partial charge in [-0.25, -0.2) is 8.42 Å². The van der Waals surface area contributed by atoms with Gasteiger partial charge in [0.1, 0.15) is 16.3 Å². The van der Waals surface area contributed by atoms with E-state index in [1.165, 1.54) is 27.4 Å². The fourth-order valence-corrected chi connectivity index (χ4v) is 5.09. The number of nitrogens with zero attached hydrogens (tertiary/aromatic N) is 3. The van der Waals surface area contributed by atoms with E-state index in [0.717, 1.165) is 0 Å². The van der Waals surface area contributed by atoms with Crippen molar-refractivity contribution in [3.05, 3.63) is 40.2 Å². The molecule has 2 aromatic rings. The van der Waals surface area contributed by atoms with Gasteiger partial charge in [0.25, 0.3) is 5.91 Å². The molecule has 0 unspecified atom stereocenters. The van der Waals surface area contributed by atoms with Crippen LogP contribution in [0.15, 0.2) is 27.6 Å². The van der Waals surface area contributed by atoms with Crippen LogP contribution in [0, 0.1) is 13.8 Å². The molecule has 0 bridgehead atoms. The summed E-state index contributed by atoms with van der Waals surface area (Å²) in [5.74, 6) is -0.297. The summed E-state index contributed by atoms with van der Waals surface area (Å²) in [5, 5.41) is 14.0. The monoisotopic (exact) mass is 413 g/mol. The molecule has 2 heterocycles. The number of aryl methyl sites for hydroxylation is 2. The molecule has 1 amide bonds. The zero-order valence-electron chi connectivity index (χ0n) is 15.0. The maximum Gasteiger partial charge on any atom is 0.257 e. The highest BCUT2D eigenvalue weighted by Crippen LogP contribution is 2.26. The number of carbonyl (C=O) groups is 1. The van der Waals surface area contributed by atoms with Gasteiger partial charge in [0.2, 0.25) is 10.0 Å². The molecule has 1 aromatic carbocycles. The molecular weight excluding hydrogens is 394 g/mol. The lowest BCUT2D eigenvalue weighted by Gasteiger charge is -2.22. The average Bonchev–Trinajstić information content (AvgIpc) is 2.83. The van der Waals surface area contributed by atoms with Gasteiger partial charge in [-0.3, -0.25) is 4.79 Å². The van der Waals surface area contributed by atoms with Crippen molar-refractivity contribution in [1.82, 2.24) is 14.4 Å². The number of hydrogen-bond acceptors (Lipinski definition) is 6. The molecular formula is C17H20ClN3O5S. The molecule has 1 fully saturated rings. The van der Waals surface area contributed by atoms with Crippen LogP contribution in [0.1, 0.15) is 28.2 Å². The largest absolute Gasteiger partial charge is 0.507 e. The molecule has 1 aliphatic rings. The van der Waals surface area contributed by atoms with E-state index in [9.17, 15) is 18.3 Å². The van der Waals surface area contributed by atoms with Crippen LogP contribution in [0.5, 0.6) is 5.75 Å². The zero-order chi connectivity index (χ0) is 19.8. The number of aromatic nitrogens is 1. The van der Waals surface area contributed by atoms with E-state index >= 15 is 0 Å². The van der Waals surface area contributed by atoms with Crippen LogP contribution < -0.4 is 0 Å². The minimum atomic E-state index is -3.76. The lowest BCUT2D eigenvalue weighted by Crippen LogP contribution is -2.37. The Hall–Kier alpha value is -2.10. The quantitative estimate of drug-likeness (QED) is 0.827. The van der Waals surface area contributed by atoms with Gasteiger partial charge in [-0.05, 0) is 38.5 Å². The summed E-state index contributed by atoms with van der Waals surface area (Å²) >= 11 is 5.92. The van der Waals surface area contributed by atoms with Crippen LogP contribution in [-0.4, -0.2) is 60.0 Å². The maximum absolute atomic E-state index is 13.0. The zero-order valence-corrected chi connectivity index (χ0v) is 16.5. The van der Waals surface area contributed by atoms with Crippen molar-refractivity contribution in [2.75, 3.05) is 26.2 Å². The van der Waals surface area contributed by atoms with Gasteiger partial charge in [0.15, 0.2) is 5.76 Å². The SMILES string of the molecule is Cc1noc(C)c1S(=O)(=O)N1CCCN(C(=O)c2cc(Cl)ccc2O)CC1. The molecule has 0 saturated carbocycles. The van der Waals surface area contributed by atoms with Crippen molar-refractivity contribution >= 4 is 27.5 Å². The van der Waals surface area contributed by atoms with Gasteiger partial charge >= 0.3 is 0 Å². The van der Waals surface area contributed by atoms with Crippen LogP contribution in [0.2, 0.25) is 5.02 Å². The number of halogens is 1. The molecule has 1 saturated heterocycles. The second kappa shape index (κ2) is 7.49. The third-order valence-corrected chi connectivity index (χ3v) is 6.88. The summed E-state index contributed by atoms with van der Waals surface area (Å²) in [6.07, 6.45) is 0.468. The number of rotatable bonds is 3. The fourth-order valence-electron chi connectivity index (χ4n) is 3.16. The van der Waals surface area contributed by atoms with Crippen molar-refractivity contribution in [1.29, 1.82) is 0 Å². The number of hydrogen-bond donors (Lipinski definition) is 1. The van der Waals surface area contributed by atoms with E-state index in [2.05, 4.69) is 5.16 Å². The van der Waals surface area contributed by atoms with E-state index in [1.54, 1.807) is 13.8 Å². The fraction of sp³-hybridized carbons (Fsp3) is 0.412. The molecule has 27 heavy (non-hydrogen) atoms. The third-order valence-electron chi connectivity index (χ3n) is 4.50. The van der Waals surface area contributed by atoms with Crippen LogP contribution in [0.3, 0.4) is 0 Å². The summed E-state index contributed by atoms with van der Waals surface area (Å²) in [7, 11) is -3.76. The predicted octanol–water partition coefficient (Wildman–Crippen LogP) is 2.19. The van der Waals surface area contributed by atoms with Crippen molar-refractivity contribution < 1.29 is 22.8 Å². The minimum absolute atomic E-state index is 0.0785. The molecule has 1 aliphatic heterocycles. The lowest BCUT2D eigenvalue weighted by atomic mass is 10.1. The van der Waals surface area contributed by atoms with E-state index in [-0.39, 0.29) is 47.5 Å². The van der Waals surface area contributed by atoms with Gasteiger partial charge in [-0.1, -0.05) is 16.8 Å². The van der Waals surface area contributed by atoms with Crippen molar-refractivity contribution in [3.8, 4) is 5.75 Å². The number of amides is 1. The molecule has 0 radical (unpaired) electrons. The number of sulfonamides is 1. The second-order valence-corrected chi connectivity index (χ2v) is 8.68. The first-order valence-electron chi connectivity index (χ1n) is 8.42. The number of benzene rings is 1. The summed E-state index contributed by atoms with van der Waals surface area (Å²) in [6.45, 7) is 4.13. The Morgan fingerprint density at radius 2 is 1.96 bits per heavy atom. The number of aromatic hydroxyl groups is 1. The first-order valence-corrected chi connectivity index (χ1v) is 10.2. The topological polar surface area (TPSA) is 104 Å². The van der Waals surface area contributed by atoms with Gasteiger partial charge < -0.3 is 14.5 Å². The summed E-state index contributed by atoms with van der Waals surface area (Å²) in [5.41, 5.74) is 0.415. The Labute approximate surface area is 162 Å². The molecule has 1 N–H and O–H groups in total. The third kappa shape index (κ3) is 3.80. The van der Waals surface area contributed by atoms with E-state index < -0.39 is 10.0 Å². The predicted molar refractivity (Wildman–Crippen MR) is 98.4 cm³/mol. The van der Waals surface area contributed by atoms with Gasteiger partial charge in [-0.15, -0.1) is 0 Å². The van der Waals surface area contributed by atoms with Crippen molar-refractivity contribution in [2.24, 2.45) is 0 Å². The Kier molecular flexibility index (Phi) is 5.45. The maximum atomic E-state index is 13.0. The van der Waals surface area contributed by atoms with E-state index in [1.807, 2.05) is 0 Å². The summed E-state index contributed by atoms with van der Waals surface area (Å²) < 4.78 is 32.2. The summed E-state index contributed by atoms with van der Waals surface area (Å²) in [6, 6.07) is 4.26. The highest BCUT2D eigenvalue weighted by atomic mass is 35.5. The van der Waals surface area contributed by atoms with Crippen LogP contribution in [0.25, 0.3) is 0 Å². The first kappa shape index (κ1) is 19.7. The molecule has 1 aromatic heterocycles. The molecule has 0 spiro atoms. The molecule has 146 valence electrons. The lowest BCUT2D eigenvalue weighted by molar-refractivity contribution is 0.0761. The van der Waals surface area contributed by atoms with Crippen LogP contribution >= 0.6 is 11.6 Å². The number of carbonyl (C=O) groups excluding carboxylic acids is 1. The Balaban J connectivity index is 1.80. The van der Waals surface area contributed by atoms with E-state index in [0.29, 0.717) is 23.7 Å². The standard InChI is InChI=1S/C17H20ClN3O5S/c1-11-16(12(2)26-19-11)27(24,25)21-7-3-6-20(8-9-21)17(23)14-10-13(18)4-5-15(14)22/h4-5,10,22H,3,6-9H2,1-2H3. The molecule has 10 heteroatoms. The Morgan fingerprint density at radius 1 is 1.22 bits per heavy atom. The first-order chi connectivity index (χ1) is 12.7. The molecule has 0 atom stereocenters. The second-order valence-electron chi connectivity index (χ2n) is 6.36. The molecule has 8 nitrogen and oxygen atoms in total. The molecule has 3 rings (SSSR count). The van der Waals surface area contributed by atoms with Crippen LogP contribution in [0.4, 0.5) is 0 Å². The molecule has 0 aliphatic carbocycles. The van der Waals surface area contributed by atoms with E-state index in [4.69, 9.17) is 16.1 Å². The normalized spacial score (nSPS) is 16.3. The highest BCUT2D eigenvalue weighted by molar-refractivity contribution is 7.89. The van der Waals surface area contributed by atoms with Gasteiger partial charge in [0.05, 0.1) is 5.56 Å². The highest BCUT2D eigenvalue weighted by Gasteiger charge is 2.33. The van der Waals surface area contributed by atoms with Crippen LogP contribution in [-0.2, 0) is 10.0 Å². The average molecular weight is 414 g/mol. The summed E-state index contributed by atoms with van der Waals surface area (Å²) in [4.78, 5) is 14.3. The smallest absolute Gasteiger partial charge is 0.257 e. The number of phenols is 1. The van der Waals surface area contributed by atoms with Gasteiger partial charge in [-0.2, -0.15) is 4.31 Å². The number of phenolic OH excluding ortho intramolecular Hbond substituents is 1.